The van der Waals surface area contributed by atoms with Gasteiger partial charge in [-0.25, -0.2) is 15.0 Å². The maximum atomic E-state index is 5.79. The van der Waals surface area contributed by atoms with E-state index in [9.17, 15) is 0 Å². The lowest BCUT2D eigenvalue weighted by Crippen LogP contribution is -2.10. The van der Waals surface area contributed by atoms with Crippen molar-refractivity contribution in [3.63, 3.8) is 0 Å². The summed E-state index contributed by atoms with van der Waals surface area (Å²) >= 11 is 4.99. The lowest BCUT2D eigenvalue weighted by atomic mass is 10.1. The molecule has 4 N–H and O–H groups in total. The third-order valence-electron chi connectivity index (χ3n) is 3.40. The Labute approximate surface area is 126 Å². The van der Waals surface area contributed by atoms with Gasteiger partial charge in [-0.1, -0.05) is 24.4 Å². The number of aromatic nitrogens is 4. The molecular weight excluding hydrogens is 284 g/mol. The van der Waals surface area contributed by atoms with E-state index in [0.717, 1.165) is 22.3 Å². The summed E-state index contributed by atoms with van der Waals surface area (Å²) in [6.07, 6.45) is 3.16. The molecule has 1 aromatic carbocycles. The van der Waals surface area contributed by atoms with E-state index >= 15 is 0 Å². The Morgan fingerprint density at radius 2 is 2.10 bits per heavy atom. The molecule has 0 atom stereocenters. The molecule has 2 aromatic heterocycles. The monoisotopic (exact) mass is 298 g/mol. The predicted molar refractivity (Wildman–Crippen MR) is 85.9 cm³/mol. The van der Waals surface area contributed by atoms with Crippen molar-refractivity contribution in [3.8, 4) is 0 Å². The van der Waals surface area contributed by atoms with Crippen LogP contribution in [0.15, 0.2) is 30.9 Å². The summed E-state index contributed by atoms with van der Waals surface area (Å²) in [6, 6.07) is 5.92. The first-order chi connectivity index (χ1) is 10.1. The fourth-order valence-corrected chi connectivity index (χ4v) is 2.35. The lowest BCUT2D eigenvalue weighted by Gasteiger charge is -2.09. The van der Waals surface area contributed by atoms with Gasteiger partial charge in [-0.15, -0.1) is 0 Å². The second-order valence-electron chi connectivity index (χ2n) is 4.81. The van der Waals surface area contributed by atoms with Gasteiger partial charge in [-0.3, -0.25) is 0 Å². The van der Waals surface area contributed by atoms with E-state index in [-0.39, 0.29) is 0 Å². The molecule has 3 aromatic rings. The molecule has 3 rings (SSSR count). The van der Waals surface area contributed by atoms with Gasteiger partial charge in [0, 0.05) is 5.56 Å². The molecule has 21 heavy (non-hydrogen) atoms. The Kier molecular flexibility index (Phi) is 3.26. The molecule has 106 valence electrons. The summed E-state index contributed by atoms with van der Waals surface area (Å²) in [5.41, 5.74) is 15.9. The van der Waals surface area contributed by atoms with E-state index in [0.29, 0.717) is 22.9 Å². The van der Waals surface area contributed by atoms with Crippen LogP contribution in [-0.4, -0.2) is 24.5 Å². The van der Waals surface area contributed by atoms with Gasteiger partial charge >= 0.3 is 0 Å². The second kappa shape index (κ2) is 5.10. The van der Waals surface area contributed by atoms with Crippen LogP contribution in [0.25, 0.3) is 11.2 Å². The van der Waals surface area contributed by atoms with Crippen LogP contribution >= 0.6 is 12.2 Å². The summed E-state index contributed by atoms with van der Waals surface area (Å²) in [7, 11) is 0. The average molecular weight is 298 g/mol. The third kappa shape index (κ3) is 2.43. The largest absolute Gasteiger partial charge is 0.389 e. The number of aryl methyl sites for hydroxylation is 1. The highest BCUT2D eigenvalue weighted by Crippen LogP contribution is 2.18. The van der Waals surface area contributed by atoms with Crippen molar-refractivity contribution in [2.75, 3.05) is 5.73 Å². The van der Waals surface area contributed by atoms with E-state index in [4.69, 9.17) is 23.7 Å². The second-order valence-corrected chi connectivity index (χ2v) is 5.25. The summed E-state index contributed by atoms with van der Waals surface area (Å²) < 4.78 is 1.94. The molecule has 0 radical (unpaired) electrons. The molecule has 7 heteroatoms. The highest BCUT2D eigenvalue weighted by Gasteiger charge is 2.09. The third-order valence-corrected chi connectivity index (χ3v) is 3.63. The molecule has 0 saturated heterocycles. The standard InChI is InChI=1S/C14H14N6S/c1-8-4-9(13(16)21)2-3-10(8)5-20-7-19-11-12(15)17-6-18-14(11)20/h2-4,6-7H,5H2,1H3,(H2,16,21)(H2,15,17,18). The van der Waals surface area contributed by atoms with Crippen LogP contribution in [0.3, 0.4) is 0 Å². The number of thiocarbonyl (C=S) groups is 1. The normalized spacial score (nSPS) is 10.9. The Balaban J connectivity index is 1.99. The van der Waals surface area contributed by atoms with Gasteiger partial charge in [0.1, 0.15) is 16.8 Å². The molecule has 0 aliphatic heterocycles. The molecular formula is C14H14N6S. The SMILES string of the molecule is Cc1cc(C(N)=S)ccc1Cn1cnc2c(N)ncnc21. The van der Waals surface area contributed by atoms with Crippen LogP contribution < -0.4 is 11.5 Å². The van der Waals surface area contributed by atoms with Crippen molar-refractivity contribution < 1.29 is 0 Å². The molecule has 6 nitrogen and oxygen atoms in total. The van der Waals surface area contributed by atoms with Gasteiger partial charge in [0.2, 0.25) is 0 Å². The van der Waals surface area contributed by atoms with Crippen molar-refractivity contribution in [1.82, 2.24) is 19.5 Å². The number of nitrogen functional groups attached to an aromatic ring is 1. The van der Waals surface area contributed by atoms with Crippen LogP contribution in [-0.2, 0) is 6.54 Å². The van der Waals surface area contributed by atoms with Crippen molar-refractivity contribution >= 4 is 34.2 Å². The van der Waals surface area contributed by atoms with Gasteiger partial charge in [-0.05, 0) is 24.1 Å². The van der Waals surface area contributed by atoms with Crippen molar-refractivity contribution in [3.05, 3.63) is 47.5 Å². The number of nitrogens with two attached hydrogens (primary N) is 2. The minimum absolute atomic E-state index is 0.388. The fraction of sp³-hybridized carbons (Fsp3) is 0.143. The number of hydrogen-bond acceptors (Lipinski definition) is 5. The van der Waals surface area contributed by atoms with E-state index in [1.54, 1.807) is 6.33 Å². The number of fused-ring (bicyclic) bond motifs is 1. The molecule has 0 amide bonds. The van der Waals surface area contributed by atoms with E-state index in [2.05, 4.69) is 15.0 Å². The zero-order chi connectivity index (χ0) is 15.0. The van der Waals surface area contributed by atoms with Crippen LogP contribution in [0, 0.1) is 6.92 Å². The topological polar surface area (TPSA) is 95.6 Å². The summed E-state index contributed by atoms with van der Waals surface area (Å²) in [5, 5.41) is 0. The van der Waals surface area contributed by atoms with Gasteiger partial charge in [0.05, 0.1) is 12.9 Å². The molecule has 0 fully saturated rings. The van der Waals surface area contributed by atoms with E-state index < -0.39 is 0 Å². The smallest absolute Gasteiger partial charge is 0.165 e. The Morgan fingerprint density at radius 1 is 1.29 bits per heavy atom. The highest BCUT2D eigenvalue weighted by atomic mass is 32.1. The zero-order valence-corrected chi connectivity index (χ0v) is 12.3. The number of nitrogens with zero attached hydrogens (tertiary/aromatic N) is 4. The first-order valence-corrected chi connectivity index (χ1v) is 6.77. The Morgan fingerprint density at radius 3 is 2.81 bits per heavy atom. The van der Waals surface area contributed by atoms with Crippen LogP contribution in [0.5, 0.6) is 0 Å². The van der Waals surface area contributed by atoms with Crippen LogP contribution in [0.4, 0.5) is 5.82 Å². The Bertz CT molecular complexity index is 839. The highest BCUT2D eigenvalue weighted by molar-refractivity contribution is 7.80. The maximum Gasteiger partial charge on any atom is 0.165 e. The first-order valence-electron chi connectivity index (χ1n) is 6.37. The van der Waals surface area contributed by atoms with E-state index in [1.165, 1.54) is 6.33 Å². The fourth-order valence-electron chi connectivity index (χ4n) is 2.22. The molecule has 0 bridgehead atoms. The minimum atomic E-state index is 0.388. The predicted octanol–water partition coefficient (Wildman–Crippen LogP) is 1.40. The summed E-state index contributed by atoms with van der Waals surface area (Å²) in [5.74, 6) is 0.388. The molecule has 0 spiro atoms. The van der Waals surface area contributed by atoms with Crippen LogP contribution in [0.1, 0.15) is 16.7 Å². The number of rotatable bonds is 3. The van der Waals surface area contributed by atoms with Gasteiger partial charge in [-0.2, -0.15) is 0 Å². The quantitative estimate of drug-likeness (QED) is 0.710. The number of anilines is 1. The Hall–Kier alpha value is -2.54. The molecule has 2 heterocycles. The van der Waals surface area contributed by atoms with Crippen molar-refractivity contribution in [2.24, 2.45) is 5.73 Å². The zero-order valence-electron chi connectivity index (χ0n) is 11.4. The van der Waals surface area contributed by atoms with Crippen LogP contribution in [0.2, 0.25) is 0 Å². The van der Waals surface area contributed by atoms with Gasteiger partial charge < -0.3 is 16.0 Å². The van der Waals surface area contributed by atoms with E-state index in [1.807, 2.05) is 29.7 Å². The molecule has 0 aliphatic rings. The number of imidazole rings is 1. The first kappa shape index (κ1) is 13.4. The van der Waals surface area contributed by atoms with Crippen molar-refractivity contribution in [2.45, 2.75) is 13.5 Å². The summed E-state index contributed by atoms with van der Waals surface area (Å²) in [4.78, 5) is 12.8. The number of hydrogen-bond donors (Lipinski definition) is 2. The minimum Gasteiger partial charge on any atom is -0.389 e. The lowest BCUT2D eigenvalue weighted by molar-refractivity contribution is 0.807. The maximum absolute atomic E-state index is 5.79. The number of benzene rings is 1. The molecule has 0 saturated carbocycles. The summed E-state index contributed by atoms with van der Waals surface area (Å²) in [6.45, 7) is 2.68. The molecule has 0 unspecified atom stereocenters. The van der Waals surface area contributed by atoms with Gasteiger partial charge in [0.15, 0.2) is 11.5 Å². The average Bonchev–Trinajstić information content (AvgIpc) is 2.85. The molecule has 0 aliphatic carbocycles. The van der Waals surface area contributed by atoms with Crippen molar-refractivity contribution in [1.29, 1.82) is 0 Å². The van der Waals surface area contributed by atoms with Gasteiger partial charge in [0.25, 0.3) is 0 Å².